The third kappa shape index (κ3) is 1.13. The second-order valence-corrected chi connectivity index (χ2v) is 4.19. The lowest BCUT2D eigenvalue weighted by molar-refractivity contribution is -0.151. The van der Waals surface area contributed by atoms with Crippen LogP contribution >= 0.6 is 0 Å². The van der Waals surface area contributed by atoms with E-state index in [2.05, 4.69) is 12.7 Å². The van der Waals surface area contributed by atoms with Gasteiger partial charge >= 0.3 is 5.97 Å². The molecule has 1 atom stereocenters. The Kier molecular flexibility index (Phi) is 2.22. The Morgan fingerprint density at radius 3 is 3.07 bits per heavy atom. The summed E-state index contributed by atoms with van der Waals surface area (Å²) in [6.45, 7) is 4.04. The monoisotopic (exact) mass is 192 g/mol. The summed E-state index contributed by atoms with van der Waals surface area (Å²) in [7, 11) is 1.48. The summed E-state index contributed by atoms with van der Waals surface area (Å²) in [6, 6.07) is 0. The van der Waals surface area contributed by atoms with Crippen LogP contribution in [0.25, 0.3) is 0 Å². The van der Waals surface area contributed by atoms with E-state index in [1.807, 2.05) is 0 Å². The largest absolute Gasteiger partial charge is 0.468 e. The van der Waals surface area contributed by atoms with Crippen molar-refractivity contribution in [2.24, 2.45) is 5.41 Å². The molecule has 0 heterocycles. The first-order valence-electron chi connectivity index (χ1n) is 5.18. The van der Waals surface area contributed by atoms with E-state index in [-0.39, 0.29) is 11.4 Å². The summed E-state index contributed by atoms with van der Waals surface area (Å²) in [5.41, 5.74) is 1.97. The van der Waals surface area contributed by atoms with E-state index in [0.29, 0.717) is 0 Å². The van der Waals surface area contributed by atoms with Gasteiger partial charge in [0.25, 0.3) is 0 Å². The van der Waals surface area contributed by atoms with Crippen LogP contribution in [0.5, 0.6) is 0 Å². The normalized spacial score (nSPS) is 30.9. The fourth-order valence-corrected chi connectivity index (χ4v) is 2.78. The highest BCUT2D eigenvalue weighted by atomic mass is 16.5. The molecule has 0 radical (unpaired) electrons. The van der Waals surface area contributed by atoms with Crippen molar-refractivity contribution in [2.45, 2.75) is 32.1 Å². The highest BCUT2D eigenvalue weighted by molar-refractivity contribution is 5.83. The van der Waals surface area contributed by atoms with Gasteiger partial charge in [0.2, 0.25) is 0 Å². The molecule has 14 heavy (non-hydrogen) atoms. The number of hydrogen-bond acceptors (Lipinski definition) is 2. The Labute approximate surface area is 84.6 Å². The number of methoxy groups -OCH3 is 1. The summed E-state index contributed by atoms with van der Waals surface area (Å²) in [4.78, 5) is 11.8. The Morgan fingerprint density at radius 1 is 1.57 bits per heavy atom. The van der Waals surface area contributed by atoms with Gasteiger partial charge in [0, 0.05) is 0 Å². The van der Waals surface area contributed by atoms with E-state index in [0.717, 1.165) is 43.3 Å². The average molecular weight is 192 g/mol. The molecule has 0 aromatic carbocycles. The number of allylic oxidation sites excluding steroid dienone is 2. The van der Waals surface area contributed by atoms with E-state index in [1.54, 1.807) is 0 Å². The Hall–Kier alpha value is -1.05. The molecule has 1 unspecified atom stereocenters. The first-order chi connectivity index (χ1) is 6.70. The maximum atomic E-state index is 11.8. The Balaban J connectivity index is 2.37. The third-order valence-corrected chi connectivity index (χ3v) is 3.47. The highest BCUT2D eigenvalue weighted by Gasteiger charge is 2.47. The van der Waals surface area contributed by atoms with Gasteiger partial charge in [-0.15, -0.1) is 0 Å². The van der Waals surface area contributed by atoms with Crippen molar-refractivity contribution in [2.75, 3.05) is 7.11 Å². The number of hydrogen-bond donors (Lipinski definition) is 0. The topological polar surface area (TPSA) is 26.3 Å². The van der Waals surface area contributed by atoms with Gasteiger partial charge in [-0.05, 0) is 37.7 Å². The van der Waals surface area contributed by atoms with E-state index in [1.165, 1.54) is 7.11 Å². The van der Waals surface area contributed by atoms with Crippen LogP contribution in [0.4, 0.5) is 0 Å². The maximum Gasteiger partial charge on any atom is 0.316 e. The van der Waals surface area contributed by atoms with Crippen LogP contribution in [0.15, 0.2) is 23.8 Å². The van der Waals surface area contributed by atoms with Gasteiger partial charge in [-0.3, -0.25) is 4.79 Å². The fourth-order valence-electron chi connectivity index (χ4n) is 2.78. The summed E-state index contributed by atoms with van der Waals surface area (Å²) < 4.78 is 4.92. The van der Waals surface area contributed by atoms with Gasteiger partial charge < -0.3 is 4.74 Å². The smallest absolute Gasteiger partial charge is 0.316 e. The minimum Gasteiger partial charge on any atom is -0.468 e. The molecule has 0 spiro atoms. The quantitative estimate of drug-likeness (QED) is 0.597. The van der Waals surface area contributed by atoms with Crippen LogP contribution in [0.1, 0.15) is 32.1 Å². The SMILES string of the molecule is C=C1CCCC2(C(=O)OC)CCC=C12. The molecule has 2 aliphatic carbocycles. The van der Waals surface area contributed by atoms with Crippen LogP contribution < -0.4 is 0 Å². The Morgan fingerprint density at radius 2 is 2.36 bits per heavy atom. The number of carbonyl (C=O) groups is 1. The molecule has 76 valence electrons. The summed E-state index contributed by atoms with van der Waals surface area (Å²) >= 11 is 0. The third-order valence-electron chi connectivity index (χ3n) is 3.47. The van der Waals surface area contributed by atoms with Crippen LogP contribution in [0, 0.1) is 5.41 Å². The lowest BCUT2D eigenvalue weighted by Gasteiger charge is -2.34. The van der Waals surface area contributed by atoms with Gasteiger partial charge in [0.05, 0.1) is 12.5 Å². The molecule has 2 aliphatic rings. The van der Waals surface area contributed by atoms with Crippen LogP contribution in [0.3, 0.4) is 0 Å². The second kappa shape index (κ2) is 3.26. The molecule has 1 fully saturated rings. The summed E-state index contributed by atoms with van der Waals surface area (Å²) in [5, 5.41) is 0. The predicted molar refractivity (Wildman–Crippen MR) is 54.8 cm³/mol. The maximum absolute atomic E-state index is 11.8. The first-order valence-corrected chi connectivity index (χ1v) is 5.18. The zero-order valence-corrected chi connectivity index (χ0v) is 8.64. The van der Waals surface area contributed by atoms with Gasteiger partial charge in [-0.25, -0.2) is 0 Å². The van der Waals surface area contributed by atoms with Crippen molar-refractivity contribution in [1.82, 2.24) is 0 Å². The minimum absolute atomic E-state index is 0.0675. The van der Waals surface area contributed by atoms with E-state index >= 15 is 0 Å². The van der Waals surface area contributed by atoms with Crippen molar-refractivity contribution in [1.29, 1.82) is 0 Å². The first kappa shape index (κ1) is 9.50. The number of ether oxygens (including phenoxy) is 1. The zero-order chi connectivity index (χ0) is 10.2. The zero-order valence-electron chi connectivity index (χ0n) is 8.64. The fraction of sp³-hybridized carbons (Fsp3) is 0.583. The molecule has 2 heteroatoms. The minimum atomic E-state index is -0.329. The molecule has 2 nitrogen and oxygen atoms in total. The lowest BCUT2D eigenvalue weighted by atomic mass is 9.69. The number of fused-ring (bicyclic) bond motifs is 1. The molecule has 0 aromatic rings. The summed E-state index contributed by atoms with van der Waals surface area (Å²) in [5.74, 6) is -0.0675. The number of esters is 1. The van der Waals surface area contributed by atoms with Crippen LogP contribution in [-0.4, -0.2) is 13.1 Å². The lowest BCUT2D eigenvalue weighted by Crippen LogP contribution is -2.35. The molecule has 0 aromatic heterocycles. The molecule has 1 saturated carbocycles. The van der Waals surface area contributed by atoms with Crippen molar-refractivity contribution in [3.05, 3.63) is 23.8 Å². The molecule has 0 bridgehead atoms. The Bertz CT molecular complexity index is 314. The van der Waals surface area contributed by atoms with Crippen LogP contribution in [-0.2, 0) is 9.53 Å². The average Bonchev–Trinajstić information content (AvgIpc) is 2.63. The molecule has 0 aliphatic heterocycles. The van der Waals surface area contributed by atoms with Crippen LogP contribution in [0.2, 0.25) is 0 Å². The van der Waals surface area contributed by atoms with Crippen molar-refractivity contribution in [3.63, 3.8) is 0 Å². The molecule has 0 amide bonds. The summed E-state index contributed by atoms with van der Waals surface area (Å²) in [6.07, 6.45) is 7.09. The molecule has 0 saturated heterocycles. The van der Waals surface area contributed by atoms with Gasteiger partial charge in [-0.1, -0.05) is 18.2 Å². The van der Waals surface area contributed by atoms with Crippen molar-refractivity contribution in [3.8, 4) is 0 Å². The molecule has 2 rings (SSSR count). The van der Waals surface area contributed by atoms with Gasteiger partial charge in [0.1, 0.15) is 0 Å². The van der Waals surface area contributed by atoms with Crippen molar-refractivity contribution >= 4 is 5.97 Å². The number of rotatable bonds is 1. The van der Waals surface area contributed by atoms with E-state index in [4.69, 9.17) is 4.74 Å². The number of carbonyl (C=O) groups excluding carboxylic acids is 1. The van der Waals surface area contributed by atoms with E-state index < -0.39 is 0 Å². The standard InChI is InChI=1S/C12H16O2/c1-9-5-3-7-12(11(13)14-2)8-4-6-10(9)12/h6H,1,3-5,7-8H2,2H3. The van der Waals surface area contributed by atoms with Crippen molar-refractivity contribution < 1.29 is 9.53 Å². The van der Waals surface area contributed by atoms with Gasteiger partial charge in [0.15, 0.2) is 0 Å². The highest BCUT2D eigenvalue weighted by Crippen LogP contribution is 2.51. The predicted octanol–water partition coefficient (Wildman–Crippen LogP) is 2.61. The molecule has 0 N–H and O–H groups in total. The molecular formula is C12H16O2. The van der Waals surface area contributed by atoms with Gasteiger partial charge in [-0.2, -0.15) is 0 Å². The van der Waals surface area contributed by atoms with E-state index in [9.17, 15) is 4.79 Å². The second-order valence-electron chi connectivity index (χ2n) is 4.19. The molecular weight excluding hydrogens is 176 g/mol.